The Morgan fingerprint density at radius 1 is 0.875 bits per heavy atom. The fourth-order valence-electron chi connectivity index (χ4n) is 4.02. The molecule has 1 atom stereocenters. The van der Waals surface area contributed by atoms with Crippen LogP contribution in [0.15, 0.2) is 66.7 Å². The van der Waals surface area contributed by atoms with Crippen LogP contribution in [0.3, 0.4) is 0 Å². The van der Waals surface area contributed by atoms with Crippen molar-refractivity contribution < 1.29 is 9.47 Å². The minimum atomic E-state index is 0.519. The van der Waals surface area contributed by atoms with Crippen LogP contribution in [-0.4, -0.2) is 20.3 Å². The molecule has 3 nitrogen and oxygen atoms in total. The lowest BCUT2D eigenvalue weighted by molar-refractivity contribution is 0.233. The fraction of sp³-hybridized carbons (Fsp3) is 0.379. The van der Waals surface area contributed by atoms with Crippen molar-refractivity contribution in [3.8, 4) is 22.6 Å². The summed E-state index contributed by atoms with van der Waals surface area (Å²) in [6.07, 6.45) is 4.44. The van der Waals surface area contributed by atoms with E-state index in [-0.39, 0.29) is 0 Å². The zero-order valence-electron chi connectivity index (χ0n) is 20.0. The van der Waals surface area contributed by atoms with Crippen molar-refractivity contribution in [1.82, 2.24) is 0 Å². The van der Waals surface area contributed by atoms with E-state index in [4.69, 9.17) is 9.47 Å². The first kappa shape index (κ1) is 23.7. The van der Waals surface area contributed by atoms with Crippen LogP contribution in [0.4, 0.5) is 5.69 Å². The molecule has 0 saturated heterocycles. The molecule has 1 N–H and O–H groups in total. The molecule has 0 aromatic heterocycles. The average molecular weight is 432 g/mol. The third kappa shape index (κ3) is 6.78. The monoisotopic (exact) mass is 431 g/mol. The van der Waals surface area contributed by atoms with Crippen molar-refractivity contribution in [1.29, 1.82) is 0 Å². The molecule has 0 aliphatic rings. The maximum absolute atomic E-state index is 6.11. The Labute approximate surface area is 193 Å². The van der Waals surface area contributed by atoms with E-state index in [0.717, 1.165) is 56.0 Å². The molecule has 0 amide bonds. The van der Waals surface area contributed by atoms with E-state index in [1.165, 1.54) is 22.3 Å². The maximum atomic E-state index is 6.11. The largest absolute Gasteiger partial charge is 0.497 e. The number of rotatable bonds is 12. The molecule has 0 radical (unpaired) electrons. The van der Waals surface area contributed by atoms with Gasteiger partial charge in [0.2, 0.25) is 0 Å². The van der Waals surface area contributed by atoms with Gasteiger partial charge in [0, 0.05) is 23.9 Å². The van der Waals surface area contributed by atoms with Crippen LogP contribution in [0.25, 0.3) is 11.1 Å². The van der Waals surface area contributed by atoms with Crippen molar-refractivity contribution in [2.75, 3.05) is 25.6 Å². The van der Waals surface area contributed by atoms with Crippen molar-refractivity contribution in [3.63, 3.8) is 0 Å². The van der Waals surface area contributed by atoms with Gasteiger partial charge in [-0.05, 0) is 73.1 Å². The van der Waals surface area contributed by atoms with Gasteiger partial charge >= 0.3 is 0 Å². The second-order valence-corrected chi connectivity index (χ2v) is 8.46. The van der Waals surface area contributed by atoms with Gasteiger partial charge < -0.3 is 14.8 Å². The van der Waals surface area contributed by atoms with Crippen molar-refractivity contribution in [3.05, 3.63) is 77.9 Å². The molecular formula is C29H37NO2. The molecule has 170 valence electrons. The van der Waals surface area contributed by atoms with Crippen LogP contribution in [0, 0.1) is 12.8 Å². The predicted molar refractivity (Wildman–Crippen MR) is 136 cm³/mol. The minimum Gasteiger partial charge on any atom is -0.497 e. The number of hydrogen-bond acceptors (Lipinski definition) is 3. The molecule has 3 heteroatoms. The van der Waals surface area contributed by atoms with Gasteiger partial charge in [0.15, 0.2) is 0 Å². The molecule has 3 aromatic rings. The summed E-state index contributed by atoms with van der Waals surface area (Å²) in [7, 11) is 1.72. The topological polar surface area (TPSA) is 30.5 Å². The highest BCUT2D eigenvalue weighted by Gasteiger charge is 2.11. The van der Waals surface area contributed by atoms with Crippen molar-refractivity contribution in [2.45, 2.75) is 46.5 Å². The summed E-state index contributed by atoms with van der Waals surface area (Å²) in [5.74, 6) is 2.35. The smallest absolute Gasteiger partial charge is 0.120 e. The number of methoxy groups -OCH3 is 1. The standard InChI is InChI=1S/C29H37NO2/c1-5-8-24(21-32-27-10-7-9-22(3)19-27)17-18-30-29-20-26(31-4)15-16-28(29)25-13-11-23(6-2)12-14-25/h7,9-16,19-20,24,30H,5-6,8,17-18,21H2,1-4H3. The Morgan fingerprint density at radius 3 is 2.38 bits per heavy atom. The van der Waals surface area contributed by atoms with Crippen LogP contribution in [0.5, 0.6) is 11.5 Å². The summed E-state index contributed by atoms with van der Waals surface area (Å²) in [6, 6.07) is 23.4. The van der Waals surface area contributed by atoms with Gasteiger partial charge in [0.05, 0.1) is 13.7 Å². The lowest BCUT2D eigenvalue weighted by Crippen LogP contribution is -2.16. The SMILES string of the molecule is CCCC(CCNc1cc(OC)ccc1-c1ccc(CC)cc1)COc1cccc(C)c1. The van der Waals surface area contributed by atoms with E-state index in [1.807, 2.05) is 12.1 Å². The van der Waals surface area contributed by atoms with E-state index in [1.54, 1.807) is 7.11 Å². The van der Waals surface area contributed by atoms with Crippen LogP contribution in [0.1, 0.15) is 44.2 Å². The number of ether oxygens (including phenoxy) is 2. The van der Waals surface area contributed by atoms with E-state index >= 15 is 0 Å². The lowest BCUT2D eigenvalue weighted by Gasteiger charge is -2.19. The summed E-state index contributed by atoms with van der Waals surface area (Å²) in [5, 5.41) is 3.68. The summed E-state index contributed by atoms with van der Waals surface area (Å²) in [5.41, 5.74) is 6.13. The average Bonchev–Trinajstić information content (AvgIpc) is 2.82. The van der Waals surface area contributed by atoms with E-state index in [9.17, 15) is 0 Å². The first-order chi connectivity index (χ1) is 15.6. The van der Waals surface area contributed by atoms with E-state index in [0.29, 0.717) is 5.92 Å². The third-order valence-corrected chi connectivity index (χ3v) is 5.94. The zero-order valence-corrected chi connectivity index (χ0v) is 20.0. The van der Waals surface area contributed by atoms with Crippen LogP contribution < -0.4 is 14.8 Å². The minimum absolute atomic E-state index is 0.519. The fourth-order valence-corrected chi connectivity index (χ4v) is 4.02. The van der Waals surface area contributed by atoms with Gasteiger partial charge in [0.25, 0.3) is 0 Å². The maximum Gasteiger partial charge on any atom is 0.120 e. The van der Waals surface area contributed by atoms with Gasteiger partial charge in [0.1, 0.15) is 11.5 Å². The van der Waals surface area contributed by atoms with Gasteiger partial charge in [-0.2, -0.15) is 0 Å². The number of hydrogen-bond donors (Lipinski definition) is 1. The van der Waals surface area contributed by atoms with Crippen molar-refractivity contribution in [2.24, 2.45) is 5.92 Å². The normalized spacial score (nSPS) is 11.8. The zero-order chi connectivity index (χ0) is 22.8. The predicted octanol–water partition coefficient (Wildman–Crippen LogP) is 7.53. The van der Waals surface area contributed by atoms with Crippen LogP contribution >= 0.6 is 0 Å². The molecule has 0 fully saturated rings. The first-order valence-corrected chi connectivity index (χ1v) is 11.8. The third-order valence-electron chi connectivity index (χ3n) is 5.94. The molecule has 0 aliphatic heterocycles. The van der Waals surface area contributed by atoms with Crippen LogP contribution in [-0.2, 0) is 6.42 Å². The molecule has 0 saturated carbocycles. The molecule has 0 aliphatic carbocycles. The van der Waals surface area contributed by atoms with Gasteiger partial charge in [-0.25, -0.2) is 0 Å². The molecule has 0 heterocycles. The summed E-state index contributed by atoms with van der Waals surface area (Å²) < 4.78 is 11.6. The molecule has 0 bridgehead atoms. The summed E-state index contributed by atoms with van der Waals surface area (Å²) in [4.78, 5) is 0. The highest BCUT2D eigenvalue weighted by molar-refractivity contribution is 5.79. The molecule has 3 aromatic carbocycles. The number of anilines is 1. The number of aryl methyl sites for hydroxylation is 2. The molecule has 0 spiro atoms. The molecular weight excluding hydrogens is 394 g/mol. The molecule has 1 unspecified atom stereocenters. The Balaban J connectivity index is 1.65. The second kappa shape index (κ2) is 12.2. The highest BCUT2D eigenvalue weighted by Crippen LogP contribution is 2.32. The quantitative estimate of drug-likeness (QED) is 0.321. The molecule has 3 rings (SSSR count). The second-order valence-electron chi connectivity index (χ2n) is 8.46. The van der Waals surface area contributed by atoms with Crippen LogP contribution in [0.2, 0.25) is 0 Å². The lowest BCUT2D eigenvalue weighted by atomic mass is 9.99. The number of nitrogens with one attached hydrogen (secondary N) is 1. The summed E-state index contributed by atoms with van der Waals surface area (Å²) >= 11 is 0. The van der Waals surface area contributed by atoms with Gasteiger partial charge in [-0.15, -0.1) is 0 Å². The Bertz CT molecular complexity index is 965. The highest BCUT2D eigenvalue weighted by atomic mass is 16.5. The Morgan fingerprint density at radius 2 is 1.69 bits per heavy atom. The van der Waals surface area contributed by atoms with E-state index < -0.39 is 0 Å². The Kier molecular flexibility index (Phi) is 9.03. The van der Waals surface area contributed by atoms with Gasteiger partial charge in [-0.1, -0.05) is 56.7 Å². The van der Waals surface area contributed by atoms with Gasteiger partial charge in [-0.3, -0.25) is 0 Å². The van der Waals surface area contributed by atoms with E-state index in [2.05, 4.69) is 80.7 Å². The van der Waals surface area contributed by atoms with Crippen molar-refractivity contribution >= 4 is 5.69 Å². The number of benzene rings is 3. The first-order valence-electron chi connectivity index (χ1n) is 11.8. The summed E-state index contributed by atoms with van der Waals surface area (Å²) in [6.45, 7) is 8.18. The Hall–Kier alpha value is -2.94. The molecule has 32 heavy (non-hydrogen) atoms.